The van der Waals surface area contributed by atoms with Gasteiger partial charge in [-0.3, -0.25) is 0 Å². The molecule has 0 spiro atoms. The van der Waals surface area contributed by atoms with E-state index in [4.69, 9.17) is 4.74 Å². The van der Waals surface area contributed by atoms with E-state index in [0.717, 1.165) is 13.2 Å². The highest BCUT2D eigenvalue weighted by Crippen LogP contribution is 2.32. The Morgan fingerprint density at radius 1 is 1.25 bits per heavy atom. The molecule has 1 unspecified atom stereocenters. The molecule has 0 saturated carbocycles. The molecule has 1 atom stereocenters. The predicted molar refractivity (Wildman–Crippen MR) is 69.2 cm³/mol. The highest BCUT2D eigenvalue weighted by molar-refractivity contribution is 5.85. The van der Waals surface area contributed by atoms with Gasteiger partial charge in [0.2, 0.25) is 0 Å². The molecule has 1 aliphatic heterocycles. The molecule has 0 aromatic heterocycles. The number of rotatable bonds is 1. The molecule has 90 valence electrons. The van der Waals surface area contributed by atoms with E-state index in [-0.39, 0.29) is 12.4 Å². The van der Waals surface area contributed by atoms with Crippen LogP contribution in [0, 0.1) is 13.8 Å². The van der Waals surface area contributed by atoms with E-state index in [2.05, 4.69) is 45.0 Å². The van der Waals surface area contributed by atoms with Gasteiger partial charge in [0.05, 0.1) is 19.3 Å². The third-order valence-corrected chi connectivity index (χ3v) is 3.37. The minimum Gasteiger partial charge on any atom is -0.375 e. The minimum absolute atomic E-state index is 0. The molecular formula is C13H20ClNO. The molecule has 0 amide bonds. The monoisotopic (exact) mass is 241 g/mol. The minimum atomic E-state index is 0. The second-order valence-corrected chi connectivity index (χ2v) is 4.57. The lowest BCUT2D eigenvalue weighted by Crippen LogP contribution is -2.29. The second-order valence-electron chi connectivity index (χ2n) is 4.57. The smallest absolute Gasteiger partial charge is 0.0721 e. The number of likely N-dealkylation sites (N-methyl/N-ethyl adjacent to an activating group) is 1. The average Bonchev–Trinajstić information content (AvgIpc) is 2.23. The van der Waals surface area contributed by atoms with Crippen molar-refractivity contribution in [3.05, 3.63) is 34.4 Å². The molecule has 0 N–H and O–H groups in total. The fourth-order valence-electron chi connectivity index (χ4n) is 2.25. The predicted octanol–water partition coefficient (Wildman–Crippen LogP) is 2.86. The quantitative estimate of drug-likeness (QED) is 0.750. The number of halogens is 1. The fraction of sp³-hybridized carbons (Fsp3) is 0.538. The van der Waals surface area contributed by atoms with E-state index in [1.165, 1.54) is 22.3 Å². The van der Waals surface area contributed by atoms with Gasteiger partial charge in [-0.05, 0) is 50.2 Å². The first-order valence-corrected chi connectivity index (χ1v) is 5.44. The van der Waals surface area contributed by atoms with Gasteiger partial charge in [-0.25, -0.2) is 0 Å². The van der Waals surface area contributed by atoms with Gasteiger partial charge < -0.3 is 9.64 Å². The molecule has 0 radical (unpaired) electrons. The van der Waals surface area contributed by atoms with Crippen LogP contribution in [0.3, 0.4) is 0 Å². The van der Waals surface area contributed by atoms with Gasteiger partial charge >= 0.3 is 0 Å². The molecule has 2 nitrogen and oxygen atoms in total. The highest BCUT2D eigenvalue weighted by atomic mass is 35.5. The Hall–Kier alpha value is -0.570. The van der Waals surface area contributed by atoms with Crippen LogP contribution in [0.15, 0.2) is 12.1 Å². The van der Waals surface area contributed by atoms with E-state index in [1.807, 2.05) is 0 Å². The maximum atomic E-state index is 5.62. The number of hydrogen-bond acceptors (Lipinski definition) is 2. The third-order valence-electron chi connectivity index (χ3n) is 3.37. The fourth-order valence-corrected chi connectivity index (χ4v) is 2.25. The molecule has 2 rings (SSSR count). The maximum absolute atomic E-state index is 5.62. The number of fused-ring (bicyclic) bond motifs is 1. The second kappa shape index (κ2) is 5.17. The van der Waals surface area contributed by atoms with E-state index in [1.54, 1.807) is 0 Å². The molecule has 1 heterocycles. The van der Waals surface area contributed by atoms with Crippen molar-refractivity contribution in [1.29, 1.82) is 0 Å². The van der Waals surface area contributed by atoms with Crippen LogP contribution >= 0.6 is 12.4 Å². The van der Waals surface area contributed by atoms with Gasteiger partial charge in [0, 0.05) is 0 Å². The molecular weight excluding hydrogens is 222 g/mol. The number of ether oxygens (including phenoxy) is 1. The Balaban J connectivity index is 0.00000128. The Morgan fingerprint density at radius 3 is 2.56 bits per heavy atom. The first kappa shape index (κ1) is 13.5. The standard InChI is InChI=1S/C13H19NO.ClH/c1-9-5-6-11-7-15-8-12(14(3)4)13(11)10(9)2;/h5-6,12H,7-8H2,1-4H3;1H. The van der Waals surface area contributed by atoms with Crippen molar-refractivity contribution in [2.45, 2.75) is 26.5 Å². The summed E-state index contributed by atoms with van der Waals surface area (Å²) in [7, 11) is 4.23. The average molecular weight is 242 g/mol. The first-order valence-electron chi connectivity index (χ1n) is 5.44. The summed E-state index contributed by atoms with van der Waals surface area (Å²) < 4.78 is 5.62. The molecule has 0 saturated heterocycles. The lowest BCUT2D eigenvalue weighted by molar-refractivity contribution is 0.0502. The van der Waals surface area contributed by atoms with Crippen molar-refractivity contribution in [2.24, 2.45) is 0 Å². The lowest BCUT2D eigenvalue weighted by atomic mass is 9.91. The Kier molecular flexibility index (Phi) is 4.36. The van der Waals surface area contributed by atoms with E-state index < -0.39 is 0 Å². The highest BCUT2D eigenvalue weighted by Gasteiger charge is 2.24. The van der Waals surface area contributed by atoms with Crippen LogP contribution in [0.25, 0.3) is 0 Å². The molecule has 1 aromatic rings. The Labute approximate surface area is 104 Å². The SMILES string of the molecule is Cc1ccc2c(c1C)C(N(C)C)COC2.Cl. The Morgan fingerprint density at radius 2 is 1.94 bits per heavy atom. The van der Waals surface area contributed by atoms with Gasteiger partial charge in [0.1, 0.15) is 0 Å². The zero-order valence-corrected chi connectivity index (χ0v) is 11.2. The van der Waals surface area contributed by atoms with E-state index in [9.17, 15) is 0 Å². The molecule has 0 bridgehead atoms. The molecule has 1 aromatic carbocycles. The summed E-state index contributed by atoms with van der Waals surface area (Å²) in [6.07, 6.45) is 0. The summed E-state index contributed by atoms with van der Waals surface area (Å²) in [5.41, 5.74) is 5.63. The summed E-state index contributed by atoms with van der Waals surface area (Å²) >= 11 is 0. The van der Waals surface area contributed by atoms with Crippen molar-refractivity contribution in [1.82, 2.24) is 4.90 Å². The van der Waals surface area contributed by atoms with Gasteiger partial charge in [-0.15, -0.1) is 12.4 Å². The van der Waals surface area contributed by atoms with Crippen LogP contribution in [0.4, 0.5) is 0 Å². The molecule has 16 heavy (non-hydrogen) atoms. The van der Waals surface area contributed by atoms with Crippen LogP contribution in [-0.4, -0.2) is 25.6 Å². The van der Waals surface area contributed by atoms with Crippen molar-refractivity contribution >= 4 is 12.4 Å². The summed E-state index contributed by atoms with van der Waals surface area (Å²) in [5.74, 6) is 0. The van der Waals surface area contributed by atoms with Crippen LogP contribution < -0.4 is 0 Å². The number of nitrogens with zero attached hydrogens (tertiary/aromatic N) is 1. The largest absolute Gasteiger partial charge is 0.375 e. The normalized spacial score (nSPS) is 19.2. The van der Waals surface area contributed by atoms with Gasteiger partial charge in [0.25, 0.3) is 0 Å². The lowest BCUT2D eigenvalue weighted by Gasteiger charge is -2.32. The first-order chi connectivity index (χ1) is 7.11. The molecule has 0 aliphatic carbocycles. The van der Waals surface area contributed by atoms with Crippen molar-refractivity contribution in [3.8, 4) is 0 Å². The van der Waals surface area contributed by atoms with Gasteiger partial charge in [0.15, 0.2) is 0 Å². The van der Waals surface area contributed by atoms with Crippen LogP contribution in [0.1, 0.15) is 28.3 Å². The van der Waals surface area contributed by atoms with Gasteiger partial charge in [-0.1, -0.05) is 12.1 Å². The summed E-state index contributed by atoms with van der Waals surface area (Å²) in [4.78, 5) is 2.24. The zero-order valence-electron chi connectivity index (χ0n) is 10.4. The molecule has 0 fully saturated rings. The summed E-state index contributed by atoms with van der Waals surface area (Å²) in [5, 5.41) is 0. The van der Waals surface area contributed by atoms with Crippen LogP contribution in [0.5, 0.6) is 0 Å². The summed E-state index contributed by atoms with van der Waals surface area (Å²) in [6.45, 7) is 5.97. The van der Waals surface area contributed by atoms with Crippen molar-refractivity contribution in [2.75, 3.05) is 20.7 Å². The summed E-state index contributed by atoms with van der Waals surface area (Å²) in [6, 6.07) is 4.80. The van der Waals surface area contributed by atoms with E-state index >= 15 is 0 Å². The number of benzene rings is 1. The number of hydrogen-bond donors (Lipinski definition) is 0. The van der Waals surface area contributed by atoms with Crippen LogP contribution in [0.2, 0.25) is 0 Å². The van der Waals surface area contributed by atoms with Gasteiger partial charge in [-0.2, -0.15) is 0 Å². The van der Waals surface area contributed by atoms with E-state index in [0.29, 0.717) is 6.04 Å². The Bertz CT molecular complexity index is 376. The molecule has 3 heteroatoms. The topological polar surface area (TPSA) is 12.5 Å². The van der Waals surface area contributed by atoms with Crippen LogP contribution in [-0.2, 0) is 11.3 Å². The third kappa shape index (κ3) is 2.24. The number of aryl methyl sites for hydroxylation is 1. The van der Waals surface area contributed by atoms with Crippen molar-refractivity contribution in [3.63, 3.8) is 0 Å². The van der Waals surface area contributed by atoms with Crippen molar-refractivity contribution < 1.29 is 4.74 Å². The molecule has 1 aliphatic rings. The zero-order chi connectivity index (χ0) is 11.0. The maximum Gasteiger partial charge on any atom is 0.0721 e.